The molecule has 1 aromatic carbocycles. The molecule has 2 N–H and O–H groups in total. The lowest BCUT2D eigenvalue weighted by atomic mass is 9.82. The summed E-state index contributed by atoms with van der Waals surface area (Å²) in [5.74, 6) is 0. The van der Waals surface area contributed by atoms with Gasteiger partial charge in [-0.1, -0.05) is 31.5 Å². The fourth-order valence-electron chi connectivity index (χ4n) is 3.01. The molecule has 0 heterocycles. The number of rotatable bonds is 5. The van der Waals surface area contributed by atoms with Crippen LogP contribution in [0.2, 0.25) is 0 Å². The van der Waals surface area contributed by atoms with E-state index >= 15 is 0 Å². The highest BCUT2D eigenvalue weighted by molar-refractivity contribution is 8.00. The molecule has 0 saturated heterocycles. The molecule has 2 rings (SSSR count). The Morgan fingerprint density at radius 3 is 2.89 bits per heavy atom. The Morgan fingerprint density at radius 1 is 1.42 bits per heavy atom. The average molecular weight is 279 g/mol. The zero-order valence-electron chi connectivity index (χ0n) is 12.0. The van der Waals surface area contributed by atoms with Crippen LogP contribution < -0.4 is 5.32 Å². The maximum absolute atomic E-state index is 9.74. The number of benzene rings is 1. The van der Waals surface area contributed by atoms with E-state index < -0.39 is 0 Å². The van der Waals surface area contributed by atoms with Crippen molar-refractivity contribution >= 4 is 11.8 Å². The van der Waals surface area contributed by atoms with Gasteiger partial charge in [0.05, 0.1) is 6.61 Å². The third-order valence-corrected chi connectivity index (χ3v) is 5.49. The molecule has 0 spiro atoms. The van der Waals surface area contributed by atoms with Gasteiger partial charge < -0.3 is 10.4 Å². The first-order valence-corrected chi connectivity index (χ1v) is 8.15. The summed E-state index contributed by atoms with van der Waals surface area (Å²) in [4.78, 5) is 1.39. The molecule has 3 heteroatoms. The number of aliphatic hydroxyl groups is 1. The van der Waals surface area contributed by atoms with Crippen LogP contribution in [0.5, 0.6) is 0 Å². The Labute approximate surface area is 121 Å². The maximum Gasteiger partial charge on any atom is 0.0613 e. The van der Waals surface area contributed by atoms with Crippen molar-refractivity contribution in [2.75, 3.05) is 13.2 Å². The van der Waals surface area contributed by atoms with Crippen molar-refractivity contribution in [2.45, 2.75) is 55.2 Å². The summed E-state index contributed by atoms with van der Waals surface area (Å²) in [5.41, 5.74) is 1.31. The minimum absolute atomic E-state index is 0.0483. The first kappa shape index (κ1) is 14.9. The zero-order chi connectivity index (χ0) is 13.7. The number of thioether (sulfide) groups is 1. The van der Waals surface area contributed by atoms with Crippen molar-refractivity contribution in [3.63, 3.8) is 0 Å². The molecule has 2 unspecified atom stereocenters. The van der Waals surface area contributed by atoms with Crippen molar-refractivity contribution in [1.29, 1.82) is 0 Å². The van der Waals surface area contributed by atoms with Crippen LogP contribution in [-0.2, 0) is 0 Å². The van der Waals surface area contributed by atoms with E-state index in [2.05, 4.69) is 43.4 Å². The van der Waals surface area contributed by atoms with E-state index in [1.54, 1.807) is 0 Å². The number of aliphatic hydroxyl groups excluding tert-OH is 1. The van der Waals surface area contributed by atoms with Gasteiger partial charge in [0.1, 0.15) is 0 Å². The summed E-state index contributed by atoms with van der Waals surface area (Å²) >= 11 is 1.98. The van der Waals surface area contributed by atoms with Crippen molar-refractivity contribution in [1.82, 2.24) is 5.32 Å². The van der Waals surface area contributed by atoms with Crippen LogP contribution in [0.1, 0.15) is 38.2 Å². The Morgan fingerprint density at radius 2 is 2.21 bits per heavy atom. The highest BCUT2D eigenvalue weighted by Gasteiger charge is 2.35. The molecule has 0 amide bonds. The predicted octanol–water partition coefficient (Wildman–Crippen LogP) is 3.37. The second-order valence-electron chi connectivity index (χ2n) is 5.57. The van der Waals surface area contributed by atoms with Gasteiger partial charge in [-0.2, -0.15) is 0 Å². The van der Waals surface area contributed by atoms with Crippen LogP contribution >= 0.6 is 11.8 Å². The smallest absolute Gasteiger partial charge is 0.0613 e. The molecule has 1 saturated carbocycles. The molecule has 1 aliphatic rings. The van der Waals surface area contributed by atoms with Gasteiger partial charge in [0.2, 0.25) is 0 Å². The summed E-state index contributed by atoms with van der Waals surface area (Å²) in [6, 6.07) is 8.59. The van der Waals surface area contributed by atoms with Crippen LogP contribution in [0.3, 0.4) is 0 Å². The molecule has 0 aliphatic heterocycles. The summed E-state index contributed by atoms with van der Waals surface area (Å²) in [5, 5.41) is 13.9. The number of likely N-dealkylation sites (N-methyl/N-ethyl adjacent to an activating group) is 1. The zero-order valence-corrected chi connectivity index (χ0v) is 12.8. The van der Waals surface area contributed by atoms with Crippen molar-refractivity contribution < 1.29 is 5.11 Å². The average Bonchev–Trinajstić information content (AvgIpc) is 2.42. The normalized spacial score (nSPS) is 27.4. The lowest BCUT2D eigenvalue weighted by Crippen LogP contribution is -2.52. The van der Waals surface area contributed by atoms with Gasteiger partial charge in [0.25, 0.3) is 0 Å². The first-order chi connectivity index (χ1) is 9.19. The third kappa shape index (κ3) is 3.74. The van der Waals surface area contributed by atoms with Crippen LogP contribution in [0.4, 0.5) is 0 Å². The molecule has 0 aromatic heterocycles. The molecule has 0 bridgehead atoms. The molecule has 1 fully saturated rings. The second-order valence-corrected chi connectivity index (χ2v) is 6.91. The summed E-state index contributed by atoms with van der Waals surface area (Å²) in [7, 11) is 0. The fraction of sp³-hybridized carbons (Fsp3) is 0.625. The van der Waals surface area contributed by atoms with Gasteiger partial charge in [0, 0.05) is 15.7 Å². The first-order valence-electron chi connectivity index (χ1n) is 7.27. The van der Waals surface area contributed by atoms with Crippen LogP contribution in [0.25, 0.3) is 0 Å². The monoisotopic (exact) mass is 279 g/mol. The van der Waals surface area contributed by atoms with E-state index in [9.17, 15) is 5.11 Å². The topological polar surface area (TPSA) is 32.3 Å². The van der Waals surface area contributed by atoms with E-state index in [0.29, 0.717) is 5.25 Å². The molecule has 19 heavy (non-hydrogen) atoms. The van der Waals surface area contributed by atoms with Crippen LogP contribution in [0.15, 0.2) is 29.2 Å². The van der Waals surface area contributed by atoms with Gasteiger partial charge in [-0.05, 0) is 44.4 Å². The van der Waals surface area contributed by atoms with Crippen molar-refractivity contribution in [2.24, 2.45) is 0 Å². The Kier molecular flexibility index (Phi) is 5.31. The second kappa shape index (κ2) is 6.78. The predicted molar refractivity (Wildman–Crippen MR) is 82.8 cm³/mol. The molecular weight excluding hydrogens is 254 g/mol. The van der Waals surface area contributed by atoms with Crippen molar-refractivity contribution in [3.05, 3.63) is 29.8 Å². The van der Waals surface area contributed by atoms with E-state index in [0.717, 1.165) is 19.4 Å². The van der Waals surface area contributed by atoms with E-state index in [1.807, 2.05) is 11.8 Å². The molecule has 2 nitrogen and oxygen atoms in total. The van der Waals surface area contributed by atoms with Crippen LogP contribution in [0, 0.1) is 6.92 Å². The van der Waals surface area contributed by atoms with Gasteiger partial charge in [-0.3, -0.25) is 0 Å². The molecular formula is C16H25NOS. The number of hydrogen-bond acceptors (Lipinski definition) is 3. The van der Waals surface area contributed by atoms with Gasteiger partial charge >= 0.3 is 0 Å². The fourth-order valence-corrected chi connectivity index (χ4v) is 4.47. The highest BCUT2D eigenvalue weighted by atomic mass is 32.2. The number of aryl methyl sites for hydroxylation is 1. The maximum atomic E-state index is 9.74. The standard InChI is InChI=1S/C16H25NOS/c1-3-17-16(12-18)10-6-8-14(11-16)19-15-9-5-4-7-13(15)2/h4-5,7,9,14,17-18H,3,6,8,10-12H2,1-2H3. The lowest BCUT2D eigenvalue weighted by molar-refractivity contribution is 0.125. The van der Waals surface area contributed by atoms with Crippen molar-refractivity contribution in [3.8, 4) is 0 Å². The molecule has 1 aromatic rings. The van der Waals surface area contributed by atoms with E-state index in [4.69, 9.17) is 0 Å². The van der Waals surface area contributed by atoms with E-state index in [-0.39, 0.29) is 12.1 Å². The largest absolute Gasteiger partial charge is 0.394 e. The van der Waals surface area contributed by atoms with Gasteiger partial charge in [-0.25, -0.2) is 0 Å². The Bertz CT molecular complexity index is 405. The minimum Gasteiger partial charge on any atom is -0.394 e. The van der Waals surface area contributed by atoms with E-state index in [1.165, 1.54) is 23.3 Å². The van der Waals surface area contributed by atoms with Gasteiger partial charge in [0.15, 0.2) is 0 Å². The summed E-state index contributed by atoms with van der Waals surface area (Å²) in [6.45, 7) is 5.48. The quantitative estimate of drug-likeness (QED) is 0.867. The number of nitrogens with one attached hydrogen (secondary N) is 1. The Hall–Kier alpha value is -0.510. The molecule has 0 radical (unpaired) electrons. The highest BCUT2D eigenvalue weighted by Crippen LogP contribution is 2.39. The third-order valence-electron chi connectivity index (χ3n) is 4.04. The Balaban J connectivity index is 2.03. The molecule has 1 aliphatic carbocycles. The lowest BCUT2D eigenvalue weighted by Gasteiger charge is -2.40. The minimum atomic E-state index is -0.0483. The molecule has 2 atom stereocenters. The molecule has 106 valence electrons. The summed E-state index contributed by atoms with van der Waals surface area (Å²) < 4.78 is 0. The SMILES string of the molecule is CCNC1(CO)CCCC(Sc2ccccc2C)C1. The van der Waals surface area contributed by atoms with Crippen LogP contribution in [-0.4, -0.2) is 29.0 Å². The van der Waals surface area contributed by atoms with Gasteiger partial charge in [-0.15, -0.1) is 11.8 Å². The number of hydrogen-bond donors (Lipinski definition) is 2. The summed E-state index contributed by atoms with van der Waals surface area (Å²) in [6.07, 6.45) is 4.63.